The maximum atomic E-state index is 11.4. The van der Waals surface area contributed by atoms with Gasteiger partial charge < -0.3 is 59.8 Å². The van der Waals surface area contributed by atoms with Gasteiger partial charge in [0.2, 0.25) is 6.29 Å². The summed E-state index contributed by atoms with van der Waals surface area (Å²) in [4.78, 5) is 0. The molecule has 2 heterocycles. The lowest BCUT2D eigenvalue weighted by Crippen LogP contribution is -2.65. The van der Waals surface area contributed by atoms with Crippen LogP contribution in [0.15, 0.2) is 35.9 Å². The van der Waals surface area contributed by atoms with Crippen LogP contribution in [0.4, 0.5) is 0 Å². The van der Waals surface area contributed by atoms with Crippen molar-refractivity contribution >= 4 is 0 Å². The Morgan fingerprint density at radius 2 is 1.58 bits per heavy atom. The highest BCUT2D eigenvalue weighted by Crippen LogP contribution is 2.47. The van der Waals surface area contributed by atoms with Gasteiger partial charge in [0.25, 0.3) is 0 Å². The van der Waals surface area contributed by atoms with Crippen LogP contribution in [0.5, 0.6) is 11.5 Å². The van der Waals surface area contributed by atoms with E-state index in [4.69, 9.17) is 18.9 Å². The van der Waals surface area contributed by atoms with E-state index in [1.807, 2.05) is 20.8 Å². The number of ether oxygens (including phenoxy) is 4. The second kappa shape index (κ2) is 14.3. The van der Waals surface area contributed by atoms with Gasteiger partial charge in [0.15, 0.2) is 6.29 Å². The summed E-state index contributed by atoms with van der Waals surface area (Å²) in [6.45, 7) is 8.75. The van der Waals surface area contributed by atoms with E-state index in [1.165, 1.54) is 0 Å². The number of aliphatic hydroxyl groups excluding tert-OH is 7. The van der Waals surface area contributed by atoms with Gasteiger partial charge in [-0.1, -0.05) is 37.1 Å². The van der Waals surface area contributed by atoms with Gasteiger partial charge in [-0.05, 0) is 56.7 Å². The quantitative estimate of drug-likeness (QED) is 0.170. The minimum Gasteiger partial charge on any atom is -0.507 e. The average Bonchev–Trinajstić information content (AvgIpc) is 2.96. The van der Waals surface area contributed by atoms with E-state index in [-0.39, 0.29) is 23.3 Å². The Balaban J connectivity index is 1.69. The van der Waals surface area contributed by atoms with Gasteiger partial charge in [-0.2, -0.15) is 0 Å². The number of rotatable bonds is 10. The number of phenolic OH excluding ortho intramolecular Hbond substituents is 1. The molecule has 43 heavy (non-hydrogen) atoms. The third-order valence-electron chi connectivity index (χ3n) is 8.64. The molecule has 0 bridgehead atoms. The van der Waals surface area contributed by atoms with Gasteiger partial charge >= 0.3 is 0 Å². The SMILES string of the molecule is C=C(C)[C@@H]1CCC(C)=C[C@H]1c1c(O)cc(CCC)cc1O[C@@H]1O[C@H](CO)[C@@H](O)[C@H](O[C@@H]2O[C@H](CO)[C@@H](O)[C@H](O)[C@H]2O)[C@H]1O. The van der Waals surface area contributed by atoms with Crippen LogP contribution in [-0.4, -0.2) is 115 Å². The van der Waals surface area contributed by atoms with E-state index in [0.717, 1.165) is 36.0 Å². The summed E-state index contributed by atoms with van der Waals surface area (Å²) in [7, 11) is 0. The maximum Gasteiger partial charge on any atom is 0.229 e. The Morgan fingerprint density at radius 1 is 0.930 bits per heavy atom. The molecule has 3 aliphatic rings. The second-order valence-corrected chi connectivity index (χ2v) is 11.9. The van der Waals surface area contributed by atoms with Crippen molar-refractivity contribution in [1.82, 2.24) is 0 Å². The molecule has 0 radical (unpaired) electrons. The highest BCUT2D eigenvalue weighted by molar-refractivity contribution is 5.52. The van der Waals surface area contributed by atoms with Crippen LogP contribution < -0.4 is 4.74 Å². The molecule has 0 saturated carbocycles. The molecule has 12 heteroatoms. The first-order valence-electron chi connectivity index (χ1n) is 14.8. The Bertz CT molecular complexity index is 1140. The highest BCUT2D eigenvalue weighted by atomic mass is 16.7. The number of aryl methyl sites for hydroxylation is 1. The standard InChI is InChI=1S/C31H46O12/c1-5-6-16-10-19(34)23(18-9-15(4)7-8-17(18)14(2)3)20(11-16)40-31-28(39)29(25(36)22(13-33)42-31)43-30-27(38)26(37)24(35)21(12-32)41-30/h9-11,17-18,21-22,24-39H,2,5-8,12-13H2,1,3-4H3/t17-,18+,21+,22+,24+,25+,26-,27+,28+,29-,30-,31+/m0/s1. The lowest BCUT2D eigenvalue weighted by Gasteiger charge is -2.46. The summed E-state index contributed by atoms with van der Waals surface area (Å²) in [5, 5.41) is 83.8. The zero-order valence-electron chi connectivity index (χ0n) is 24.8. The van der Waals surface area contributed by atoms with E-state index in [0.29, 0.717) is 12.0 Å². The molecule has 0 unspecified atom stereocenters. The van der Waals surface area contributed by atoms with Gasteiger partial charge in [0.1, 0.15) is 60.3 Å². The molecular weight excluding hydrogens is 564 g/mol. The zero-order chi connectivity index (χ0) is 31.6. The van der Waals surface area contributed by atoms with Crippen LogP contribution in [0.2, 0.25) is 0 Å². The van der Waals surface area contributed by atoms with E-state index in [1.54, 1.807) is 12.1 Å². The molecule has 2 saturated heterocycles. The lowest BCUT2D eigenvalue weighted by atomic mass is 9.73. The van der Waals surface area contributed by atoms with Crippen molar-refractivity contribution in [3.63, 3.8) is 0 Å². The zero-order valence-corrected chi connectivity index (χ0v) is 24.8. The minimum absolute atomic E-state index is 0.0143. The Hall–Kier alpha value is -2.10. The van der Waals surface area contributed by atoms with E-state index < -0.39 is 74.6 Å². The van der Waals surface area contributed by atoms with E-state index >= 15 is 0 Å². The third kappa shape index (κ3) is 7.09. The van der Waals surface area contributed by atoms with Gasteiger partial charge in [0, 0.05) is 11.5 Å². The Kier molecular flexibility index (Phi) is 11.3. The highest BCUT2D eigenvalue weighted by Gasteiger charge is 2.51. The first kappa shape index (κ1) is 33.8. The summed E-state index contributed by atoms with van der Waals surface area (Å²) in [6.07, 6.45) is -10.6. The van der Waals surface area contributed by atoms with Crippen LogP contribution in [0.25, 0.3) is 0 Å². The smallest absolute Gasteiger partial charge is 0.229 e. The first-order valence-corrected chi connectivity index (χ1v) is 14.8. The van der Waals surface area contributed by atoms with Gasteiger partial charge in [-0.15, -0.1) is 0 Å². The van der Waals surface area contributed by atoms with Crippen molar-refractivity contribution in [3.05, 3.63) is 47.1 Å². The van der Waals surface area contributed by atoms with Crippen LogP contribution >= 0.6 is 0 Å². The molecular formula is C31H46O12. The fourth-order valence-corrected chi connectivity index (χ4v) is 6.21. The first-order chi connectivity index (χ1) is 20.4. The number of aromatic hydroxyl groups is 1. The molecule has 12 atom stereocenters. The lowest BCUT2D eigenvalue weighted by molar-refractivity contribution is -0.352. The molecule has 2 aliphatic heterocycles. The summed E-state index contributed by atoms with van der Waals surface area (Å²) < 4.78 is 23.2. The van der Waals surface area contributed by atoms with Gasteiger partial charge in [-0.25, -0.2) is 0 Å². The summed E-state index contributed by atoms with van der Waals surface area (Å²) in [5.74, 6) is -0.00538. The number of hydrogen-bond donors (Lipinski definition) is 8. The molecule has 0 amide bonds. The Labute approximate surface area is 251 Å². The molecule has 1 aromatic rings. The molecule has 0 spiro atoms. The molecule has 1 aromatic carbocycles. The molecule has 4 rings (SSSR count). The molecule has 2 fully saturated rings. The van der Waals surface area contributed by atoms with Gasteiger partial charge in [0.05, 0.1) is 13.2 Å². The molecule has 12 nitrogen and oxygen atoms in total. The monoisotopic (exact) mass is 610 g/mol. The second-order valence-electron chi connectivity index (χ2n) is 11.9. The van der Waals surface area contributed by atoms with Crippen molar-refractivity contribution in [2.45, 2.75) is 114 Å². The predicted molar refractivity (Wildman–Crippen MR) is 153 cm³/mol. The van der Waals surface area contributed by atoms with Crippen molar-refractivity contribution in [1.29, 1.82) is 0 Å². The maximum absolute atomic E-state index is 11.4. The van der Waals surface area contributed by atoms with Crippen LogP contribution in [0, 0.1) is 5.92 Å². The number of hydrogen-bond acceptors (Lipinski definition) is 12. The van der Waals surface area contributed by atoms with Crippen molar-refractivity contribution in [2.75, 3.05) is 13.2 Å². The number of allylic oxidation sites excluding steroid dienone is 3. The molecule has 8 N–H and O–H groups in total. The van der Waals surface area contributed by atoms with Crippen molar-refractivity contribution < 1.29 is 59.8 Å². The van der Waals surface area contributed by atoms with Gasteiger partial charge in [-0.3, -0.25) is 0 Å². The largest absolute Gasteiger partial charge is 0.507 e. The van der Waals surface area contributed by atoms with E-state index in [2.05, 4.69) is 12.7 Å². The summed E-state index contributed by atoms with van der Waals surface area (Å²) in [5.41, 5.74) is 3.37. The third-order valence-corrected chi connectivity index (χ3v) is 8.64. The topological polar surface area (TPSA) is 199 Å². The number of phenols is 1. The average molecular weight is 611 g/mol. The van der Waals surface area contributed by atoms with Crippen LogP contribution in [-0.2, 0) is 20.6 Å². The van der Waals surface area contributed by atoms with Crippen LogP contribution in [0.1, 0.15) is 57.1 Å². The van der Waals surface area contributed by atoms with Crippen LogP contribution in [0.3, 0.4) is 0 Å². The number of aliphatic hydroxyl groups is 7. The Morgan fingerprint density at radius 3 is 2.21 bits per heavy atom. The van der Waals surface area contributed by atoms with Crippen molar-refractivity contribution in [3.8, 4) is 11.5 Å². The van der Waals surface area contributed by atoms with E-state index in [9.17, 15) is 40.9 Å². The predicted octanol–water partition coefficient (Wildman–Crippen LogP) is 0.364. The minimum atomic E-state index is -1.79. The molecule has 242 valence electrons. The summed E-state index contributed by atoms with van der Waals surface area (Å²) >= 11 is 0. The normalized spacial score (nSPS) is 38.4. The van der Waals surface area contributed by atoms with Crippen molar-refractivity contribution in [2.24, 2.45) is 5.92 Å². The fourth-order valence-electron chi connectivity index (χ4n) is 6.21. The number of benzene rings is 1. The fraction of sp³-hybridized carbons (Fsp3) is 0.677. The summed E-state index contributed by atoms with van der Waals surface area (Å²) in [6, 6.07) is 3.47. The molecule has 0 aromatic heterocycles. The molecule has 1 aliphatic carbocycles.